The van der Waals surface area contributed by atoms with E-state index in [9.17, 15) is 4.39 Å². The van der Waals surface area contributed by atoms with Crippen molar-refractivity contribution in [2.75, 3.05) is 7.05 Å². The summed E-state index contributed by atoms with van der Waals surface area (Å²) in [6.45, 7) is 6.82. The predicted molar refractivity (Wildman–Crippen MR) is 76.3 cm³/mol. The molecular weight excluding hydrogens is 225 g/mol. The van der Waals surface area contributed by atoms with E-state index >= 15 is 0 Å². The Hall–Kier alpha value is -0.890. The van der Waals surface area contributed by atoms with Crippen LogP contribution in [0.4, 0.5) is 4.39 Å². The highest BCUT2D eigenvalue weighted by atomic mass is 19.1. The first kappa shape index (κ1) is 15.2. The minimum absolute atomic E-state index is 0.142. The van der Waals surface area contributed by atoms with Crippen molar-refractivity contribution in [2.45, 2.75) is 52.5 Å². The van der Waals surface area contributed by atoms with Gasteiger partial charge in [0.1, 0.15) is 5.82 Å². The van der Waals surface area contributed by atoms with E-state index in [1.54, 1.807) is 12.1 Å². The molecule has 0 aliphatic carbocycles. The molecule has 0 radical (unpaired) electrons. The van der Waals surface area contributed by atoms with Crippen LogP contribution in [0.1, 0.15) is 45.6 Å². The van der Waals surface area contributed by atoms with Crippen LogP contribution in [-0.4, -0.2) is 13.1 Å². The van der Waals surface area contributed by atoms with Gasteiger partial charge in [0, 0.05) is 6.04 Å². The summed E-state index contributed by atoms with van der Waals surface area (Å²) in [5.74, 6) is -0.142. The van der Waals surface area contributed by atoms with Crippen molar-refractivity contribution in [1.82, 2.24) is 5.32 Å². The molecule has 0 amide bonds. The smallest absolute Gasteiger partial charge is 0.123 e. The molecule has 0 aliphatic rings. The number of rotatable bonds is 6. The third-order valence-corrected chi connectivity index (χ3v) is 3.26. The third-order valence-electron chi connectivity index (χ3n) is 3.26. The fourth-order valence-electron chi connectivity index (χ4n) is 2.18. The van der Waals surface area contributed by atoms with Crippen LogP contribution in [0.2, 0.25) is 0 Å². The van der Waals surface area contributed by atoms with Crippen LogP contribution in [0.5, 0.6) is 0 Å². The molecule has 0 aliphatic heterocycles. The normalized spacial score (nSPS) is 13.6. The molecule has 1 nitrogen and oxygen atoms in total. The summed E-state index contributed by atoms with van der Waals surface area (Å²) in [4.78, 5) is 0. The molecule has 2 heteroatoms. The maximum Gasteiger partial charge on any atom is 0.123 e. The van der Waals surface area contributed by atoms with Gasteiger partial charge < -0.3 is 5.32 Å². The zero-order valence-electron chi connectivity index (χ0n) is 12.1. The summed E-state index contributed by atoms with van der Waals surface area (Å²) in [5, 5.41) is 3.33. The number of nitrogens with one attached hydrogen (secondary N) is 1. The first-order valence-electron chi connectivity index (χ1n) is 6.82. The van der Waals surface area contributed by atoms with Crippen molar-refractivity contribution >= 4 is 0 Å². The van der Waals surface area contributed by atoms with Gasteiger partial charge in [0.25, 0.3) is 0 Å². The highest BCUT2D eigenvalue weighted by Crippen LogP contribution is 2.22. The van der Waals surface area contributed by atoms with Gasteiger partial charge in [-0.15, -0.1) is 0 Å². The lowest BCUT2D eigenvalue weighted by atomic mass is 9.88. The molecular formula is C16H26FN. The molecule has 0 saturated carbocycles. The van der Waals surface area contributed by atoms with Crippen LogP contribution in [-0.2, 0) is 6.42 Å². The van der Waals surface area contributed by atoms with Crippen LogP contribution in [0.3, 0.4) is 0 Å². The summed E-state index contributed by atoms with van der Waals surface area (Å²) in [5.41, 5.74) is 1.47. The molecule has 1 aromatic rings. The van der Waals surface area contributed by atoms with Crippen LogP contribution in [0, 0.1) is 11.2 Å². The predicted octanol–water partition coefficient (Wildman–Crippen LogP) is 4.17. The van der Waals surface area contributed by atoms with Gasteiger partial charge in [-0.3, -0.25) is 0 Å². The van der Waals surface area contributed by atoms with Crippen molar-refractivity contribution < 1.29 is 4.39 Å². The number of halogens is 1. The monoisotopic (exact) mass is 251 g/mol. The lowest BCUT2D eigenvalue weighted by Gasteiger charge is -2.21. The average Bonchev–Trinajstić information content (AvgIpc) is 2.26. The van der Waals surface area contributed by atoms with Gasteiger partial charge in [-0.2, -0.15) is 0 Å². The molecule has 1 atom stereocenters. The maximum atomic E-state index is 13.1. The summed E-state index contributed by atoms with van der Waals surface area (Å²) in [7, 11) is 1.99. The third kappa shape index (κ3) is 6.15. The molecule has 0 bridgehead atoms. The minimum atomic E-state index is -0.142. The second-order valence-electron chi connectivity index (χ2n) is 6.27. The summed E-state index contributed by atoms with van der Waals surface area (Å²) >= 11 is 0. The number of hydrogen-bond donors (Lipinski definition) is 1. The Labute approximate surface area is 111 Å². The van der Waals surface area contributed by atoms with Gasteiger partial charge >= 0.3 is 0 Å². The molecule has 0 spiro atoms. The molecule has 1 N–H and O–H groups in total. The topological polar surface area (TPSA) is 12.0 Å². The number of hydrogen-bond acceptors (Lipinski definition) is 1. The molecule has 1 aromatic carbocycles. The van der Waals surface area contributed by atoms with Crippen molar-refractivity contribution in [3.8, 4) is 0 Å². The SMILES string of the molecule is CNC(CCCC(C)(C)C)Cc1cccc(F)c1. The van der Waals surface area contributed by atoms with E-state index in [1.807, 2.05) is 13.1 Å². The average molecular weight is 251 g/mol. The minimum Gasteiger partial charge on any atom is -0.317 e. The number of likely N-dealkylation sites (N-methyl/N-ethyl adjacent to an activating group) is 1. The van der Waals surface area contributed by atoms with E-state index in [-0.39, 0.29) is 5.82 Å². The second kappa shape index (κ2) is 6.89. The van der Waals surface area contributed by atoms with E-state index in [4.69, 9.17) is 0 Å². The Morgan fingerprint density at radius 2 is 2.00 bits per heavy atom. The van der Waals surface area contributed by atoms with Gasteiger partial charge in [-0.1, -0.05) is 39.3 Å². The molecule has 1 unspecified atom stereocenters. The van der Waals surface area contributed by atoms with E-state index in [0.717, 1.165) is 18.4 Å². The molecule has 18 heavy (non-hydrogen) atoms. The molecule has 0 aromatic heterocycles. The summed E-state index contributed by atoms with van der Waals surface area (Å²) < 4.78 is 13.1. The molecule has 0 heterocycles. The Morgan fingerprint density at radius 1 is 1.28 bits per heavy atom. The largest absolute Gasteiger partial charge is 0.317 e. The standard InChI is InChI=1S/C16H26FN/c1-16(2,3)10-6-9-15(18-4)12-13-7-5-8-14(17)11-13/h5,7-8,11,15,18H,6,9-10,12H2,1-4H3. The van der Waals surface area contributed by atoms with Crippen LogP contribution < -0.4 is 5.32 Å². The fourth-order valence-corrected chi connectivity index (χ4v) is 2.18. The first-order valence-corrected chi connectivity index (χ1v) is 6.82. The molecule has 1 rings (SSSR count). The van der Waals surface area contributed by atoms with E-state index < -0.39 is 0 Å². The van der Waals surface area contributed by atoms with Gasteiger partial charge in [0.05, 0.1) is 0 Å². The quantitative estimate of drug-likeness (QED) is 0.800. The summed E-state index contributed by atoms with van der Waals surface area (Å²) in [6.07, 6.45) is 4.49. The lowest BCUT2D eigenvalue weighted by molar-refractivity contribution is 0.345. The highest BCUT2D eigenvalue weighted by Gasteiger charge is 2.12. The second-order valence-corrected chi connectivity index (χ2v) is 6.27. The maximum absolute atomic E-state index is 13.1. The van der Waals surface area contributed by atoms with Crippen LogP contribution in [0.25, 0.3) is 0 Å². The zero-order valence-corrected chi connectivity index (χ0v) is 12.1. The van der Waals surface area contributed by atoms with Crippen molar-refractivity contribution in [3.05, 3.63) is 35.6 Å². The molecule has 102 valence electrons. The van der Waals surface area contributed by atoms with Crippen molar-refractivity contribution in [1.29, 1.82) is 0 Å². The fraction of sp³-hybridized carbons (Fsp3) is 0.625. The van der Waals surface area contributed by atoms with E-state index in [0.29, 0.717) is 11.5 Å². The van der Waals surface area contributed by atoms with E-state index in [1.165, 1.54) is 18.9 Å². The summed E-state index contributed by atoms with van der Waals surface area (Å²) in [6, 6.07) is 7.35. The Bertz CT molecular complexity index is 354. The van der Waals surface area contributed by atoms with Crippen molar-refractivity contribution in [2.24, 2.45) is 5.41 Å². The van der Waals surface area contributed by atoms with Gasteiger partial charge in [0.15, 0.2) is 0 Å². The Morgan fingerprint density at radius 3 is 2.56 bits per heavy atom. The number of benzene rings is 1. The Balaban J connectivity index is 2.42. The van der Waals surface area contributed by atoms with E-state index in [2.05, 4.69) is 26.1 Å². The van der Waals surface area contributed by atoms with Crippen LogP contribution in [0.15, 0.2) is 24.3 Å². The van der Waals surface area contributed by atoms with Gasteiger partial charge in [-0.05, 0) is 49.4 Å². The molecule has 0 saturated heterocycles. The van der Waals surface area contributed by atoms with Gasteiger partial charge in [-0.25, -0.2) is 4.39 Å². The zero-order chi connectivity index (χ0) is 13.6. The lowest BCUT2D eigenvalue weighted by Crippen LogP contribution is -2.27. The molecule has 0 fully saturated rings. The first-order chi connectivity index (χ1) is 8.40. The highest BCUT2D eigenvalue weighted by molar-refractivity contribution is 5.17. The van der Waals surface area contributed by atoms with Crippen LogP contribution >= 0.6 is 0 Å². The van der Waals surface area contributed by atoms with Gasteiger partial charge in [0.2, 0.25) is 0 Å². The van der Waals surface area contributed by atoms with Crippen molar-refractivity contribution in [3.63, 3.8) is 0 Å². The Kier molecular flexibility index (Phi) is 5.80.